The van der Waals surface area contributed by atoms with Crippen LogP contribution in [0.5, 0.6) is 5.95 Å². The lowest BCUT2D eigenvalue weighted by atomic mass is 10.0. The highest BCUT2D eigenvalue weighted by Gasteiger charge is 2.20. The largest absolute Gasteiger partial charge is 0.465 e. The molecule has 0 aliphatic heterocycles. The van der Waals surface area contributed by atoms with Crippen LogP contribution in [0.15, 0.2) is 16.5 Å². The zero-order valence-electron chi connectivity index (χ0n) is 11.0. The molecule has 0 spiro atoms. The maximum Gasteiger partial charge on any atom is 0.284 e. The monoisotopic (exact) mass is 225 g/mol. The van der Waals surface area contributed by atoms with Crippen molar-refractivity contribution in [3.8, 4) is 5.95 Å². The van der Waals surface area contributed by atoms with Crippen LogP contribution in [0.2, 0.25) is 0 Å². The second kappa shape index (κ2) is 5.39. The predicted molar refractivity (Wildman–Crippen MR) is 65.8 cm³/mol. The molecular formula is C13H23NO2. The summed E-state index contributed by atoms with van der Waals surface area (Å²) < 4.78 is 10.9. The van der Waals surface area contributed by atoms with Crippen molar-refractivity contribution in [2.75, 3.05) is 6.61 Å². The van der Waals surface area contributed by atoms with Gasteiger partial charge in [0.15, 0.2) is 0 Å². The third-order valence-electron chi connectivity index (χ3n) is 2.81. The summed E-state index contributed by atoms with van der Waals surface area (Å²) in [6, 6.07) is 4.04. The van der Waals surface area contributed by atoms with E-state index in [-0.39, 0.29) is 11.6 Å². The van der Waals surface area contributed by atoms with Crippen molar-refractivity contribution < 1.29 is 9.15 Å². The van der Waals surface area contributed by atoms with Gasteiger partial charge in [-0.3, -0.25) is 0 Å². The standard InChI is InChI=1S/C13H23NO2/c1-6-13(4,5)14-10(3)11-8-9-12(16-11)15-7-2/h8-10,14H,6-7H2,1-5H3. The second-order valence-corrected chi connectivity index (χ2v) is 4.69. The lowest BCUT2D eigenvalue weighted by Crippen LogP contribution is -2.39. The molecule has 3 nitrogen and oxygen atoms in total. The van der Waals surface area contributed by atoms with Crippen molar-refractivity contribution in [3.05, 3.63) is 17.9 Å². The van der Waals surface area contributed by atoms with E-state index in [0.29, 0.717) is 12.6 Å². The molecule has 1 atom stereocenters. The molecule has 0 amide bonds. The Balaban J connectivity index is 2.62. The fourth-order valence-electron chi connectivity index (χ4n) is 1.55. The molecule has 0 saturated carbocycles. The van der Waals surface area contributed by atoms with E-state index in [0.717, 1.165) is 12.2 Å². The number of hydrogen-bond donors (Lipinski definition) is 1. The van der Waals surface area contributed by atoms with Gasteiger partial charge in [-0.15, -0.1) is 0 Å². The van der Waals surface area contributed by atoms with E-state index in [1.807, 2.05) is 19.1 Å². The second-order valence-electron chi connectivity index (χ2n) is 4.69. The maximum atomic E-state index is 5.59. The zero-order valence-corrected chi connectivity index (χ0v) is 11.0. The van der Waals surface area contributed by atoms with E-state index in [9.17, 15) is 0 Å². The highest BCUT2D eigenvalue weighted by molar-refractivity contribution is 5.14. The van der Waals surface area contributed by atoms with Gasteiger partial charge in [0.2, 0.25) is 0 Å². The first-order valence-electron chi connectivity index (χ1n) is 5.98. The Morgan fingerprint density at radius 2 is 2.06 bits per heavy atom. The number of rotatable bonds is 6. The van der Waals surface area contributed by atoms with Crippen LogP contribution in [-0.2, 0) is 0 Å². The molecule has 0 aliphatic rings. The van der Waals surface area contributed by atoms with E-state index in [1.165, 1.54) is 0 Å². The lowest BCUT2D eigenvalue weighted by Gasteiger charge is -2.28. The molecule has 0 aromatic carbocycles. The number of ether oxygens (including phenoxy) is 1. The third kappa shape index (κ3) is 3.56. The zero-order chi connectivity index (χ0) is 12.2. The molecule has 0 saturated heterocycles. The van der Waals surface area contributed by atoms with Crippen LogP contribution in [0.1, 0.15) is 52.8 Å². The van der Waals surface area contributed by atoms with Crippen LogP contribution < -0.4 is 10.1 Å². The Labute approximate surface area is 98.2 Å². The van der Waals surface area contributed by atoms with E-state index in [2.05, 4.69) is 33.0 Å². The number of nitrogens with one attached hydrogen (secondary N) is 1. The fraction of sp³-hybridized carbons (Fsp3) is 0.692. The molecule has 3 heteroatoms. The summed E-state index contributed by atoms with van der Waals surface area (Å²) >= 11 is 0. The first-order chi connectivity index (χ1) is 7.48. The minimum absolute atomic E-state index is 0.123. The molecule has 0 bridgehead atoms. The van der Waals surface area contributed by atoms with Crippen LogP contribution in [0.4, 0.5) is 0 Å². The number of hydrogen-bond acceptors (Lipinski definition) is 3. The Morgan fingerprint density at radius 1 is 1.38 bits per heavy atom. The van der Waals surface area contributed by atoms with E-state index >= 15 is 0 Å². The minimum Gasteiger partial charge on any atom is -0.465 e. The molecule has 0 fully saturated rings. The van der Waals surface area contributed by atoms with Crippen molar-refractivity contribution in [3.63, 3.8) is 0 Å². The van der Waals surface area contributed by atoms with Crippen LogP contribution in [-0.4, -0.2) is 12.1 Å². The van der Waals surface area contributed by atoms with Gasteiger partial charge in [0, 0.05) is 11.6 Å². The minimum atomic E-state index is 0.123. The van der Waals surface area contributed by atoms with Crippen molar-refractivity contribution in [2.45, 2.75) is 52.6 Å². The topological polar surface area (TPSA) is 34.4 Å². The maximum absolute atomic E-state index is 5.59. The quantitative estimate of drug-likeness (QED) is 0.804. The van der Waals surface area contributed by atoms with Gasteiger partial charge in [-0.2, -0.15) is 0 Å². The summed E-state index contributed by atoms with van der Waals surface area (Å²) in [5, 5.41) is 3.53. The van der Waals surface area contributed by atoms with Gasteiger partial charge in [0.25, 0.3) is 5.95 Å². The average molecular weight is 225 g/mol. The molecule has 1 N–H and O–H groups in total. The molecule has 1 rings (SSSR count). The summed E-state index contributed by atoms with van der Waals surface area (Å²) in [6.07, 6.45) is 1.08. The summed E-state index contributed by atoms with van der Waals surface area (Å²) in [4.78, 5) is 0. The first-order valence-corrected chi connectivity index (χ1v) is 5.98. The van der Waals surface area contributed by atoms with Crippen LogP contribution in [0.3, 0.4) is 0 Å². The molecule has 0 aliphatic carbocycles. The van der Waals surface area contributed by atoms with Crippen molar-refractivity contribution in [1.82, 2.24) is 5.32 Å². The van der Waals surface area contributed by atoms with Crippen molar-refractivity contribution in [2.24, 2.45) is 0 Å². The van der Waals surface area contributed by atoms with Crippen molar-refractivity contribution >= 4 is 0 Å². The summed E-state index contributed by atoms with van der Waals surface area (Å²) in [5.74, 6) is 1.52. The first kappa shape index (κ1) is 13.1. The molecule has 1 unspecified atom stereocenters. The average Bonchev–Trinajstić information content (AvgIpc) is 2.66. The molecule has 1 aromatic heterocycles. The number of furan rings is 1. The molecule has 0 radical (unpaired) electrons. The Morgan fingerprint density at radius 3 is 2.62 bits per heavy atom. The Hall–Kier alpha value is -0.960. The molecule has 16 heavy (non-hydrogen) atoms. The normalized spacial score (nSPS) is 13.8. The van der Waals surface area contributed by atoms with Gasteiger partial charge in [0.1, 0.15) is 5.76 Å². The van der Waals surface area contributed by atoms with Gasteiger partial charge in [-0.1, -0.05) is 6.92 Å². The van der Waals surface area contributed by atoms with Crippen LogP contribution in [0.25, 0.3) is 0 Å². The van der Waals surface area contributed by atoms with E-state index < -0.39 is 0 Å². The smallest absolute Gasteiger partial charge is 0.284 e. The van der Waals surface area contributed by atoms with Crippen LogP contribution in [0, 0.1) is 0 Å². The van der Waals surface area contributed by atoms with Crippen molar-refractivity contribution in [1.29, 1.82) is 0 Å². The van der Waals surface area contributed by atoms with Gasteiger partial charge in [-0.25, -0.2) is 0 Å². The summed E-state index contributed by atoms with van der Waals surface area (Å²) in [7, 11) is 0. The van der Waals surface area contributed by atoms with Gasteiger partial charge in [-0.05, 0) is 40.2 Å². The highest BCUT2D eigenvalue weighted by Crippen LogP contribution is 2.24. The lowest BCUT2D eigenvalue weighted by molar-refractivity contribution is 0.235. The van der Waals surface area contributed by atoms with Gasteiger partial charge in [0.05, 0.1) is 12.6 Å². The molecule has 1 aromatic rings. The van der Waals surface area contributed by atoms with E-state index in [4.69, 9.17) is 9.15 Å². The summed E-state index contributed by atoms with van der Waals surface area (Å²) in [5.41, 5.74) is 0.123. The molecular weight excluding hydrogens is 202 g/mol. The predicted octanol–water partition coefficient (Wildman–Crippen LogP) is 3.52. The van der Waals surface area contributed by atoms with Crippen LogP contribution >= 0.6 is 0 Å². The third-order valence-corrected chi connectivity index (χ3v) is 2.81. The van der Waals surface area contributed by atoms with E-state index in [1.54, 1.807) is 0 Å². The van der Waals surface area contributed by atoms with Gasteiger partial charge < -0.3 is 14.5 Å². The molecule has 1 heterocycles. The SMILES string of the molecule is CCOc1ccc(C(C)NC(C)(C)CC)o1. The summed E-state index contributed by atoms with van der Waals surface area (Å²) in [6.45, 7) is 11.2. The Kier molecular flexibility index (Phi) is 4.42. The molecule has 92 valence electrons. The fourth-order valence-corrected chi connectivity index (χ4v) is 1.55. The highest BCUT2D eigenvalue weighted by atomic mass is 16.6. The van der Waals surface area contributed by atoms with Gasteiger partial charge >= 0.3 is 0 Å². The Bertz CT molecular complexity index is 317.